The number of aryl methyl sites for hydroxylation is 2. The number of halogens is 2. The van der Waals surface area contributed by atoms with E-state index in [1.165, 1.54) is 17.7 Å². The zero-order valence-electron chi connectivity index (χ0n) is 12.1. The molecule has 0 N–H and O–H groups in total. The van der Waals surface area contributed by atoms with Gasteiger partial charge in [-0.2, -0.15) is 0 Å². The van der Waals surface area contributed by atoms with Crippen molar-refractivity contribution in [3.05, 3.63) is 61.3 Å². The lowest BCUT2D eigenvalue weighted by Gasteiger charge is -2.11. The molecule has 2 heterocycles. The molecule has 3 aromatic rings. The van der Waals surface area contributed by atoms with Crippen molar-refractivity contribution in [3.63, 3.8) is 0 Å². The van der Waals surface area contributed by atoms with E-state index in [1.807, 2.05) is 0 Å². The third-order valence-corrected chi connectivity index (χ3v) is 3.87. The summed E-state index contributed by atoms with van der Waals surface area (Å²) in [5, 5.41) is 0.367. The van der Waals surface area contributed by atoms with Gasteiger partial charge in [0, 0.05) is 24.2 Å². The number of benzene rings is 1. The second-order valence-corrected chi connectivity index (χ2v) is 5.50. The van der Waals surface area contributed by atoms with Crippen molar-refractivity contribution in [2.24, 2.45) is 7.05 Å². The van der Waals surface area contributed by atoms with Crippen molar-refractivity contribution in [3.8, 4) is 5.69 Å². The SMILES string of the molecule is Cc1cc2c(-n3c(=O)cc(C)n(C)c3=O)c(F)cc(Cl)c2o1. The number of rotatable bonds is 1. The average molecular weight is 323 g/mol. The van der Waals surface area contributed by atoms with E-state index in [-0.39, 0.29) is 21.7 Å². The molecule has 1 aromatic carbocycles. The van der Waals surface area contributed by atoms with Gasteiger partial charge < -0.3 is 8.98 Å². The first-order valence-corrected chi connectivity index (χ1v) is 6.87. The Morgan fingerprint density at radius 2 is 1.86 bits per heavy atom. The average Bonchev–Trinajstić information content (AvgIpc) is 2.82. The Morgan fingerprint density at radius 3 is 2.55 bits per heavy atom. The van der Waals surface area contributed by atoms with E-state index in [9.17, 15) is 14.0 Å². The number of hydrogen-bond acceptors (Lipinski definition) is 3. The highest BCUT2D eigenvalue weighted by atomic mass is 35.5. The van der Waals surface area contributed by atoms with E-state index in [1.54, 1.807) is 19.9 Å². The van der Waals surface area contributed by atoms with Gasteiger partial charge in [-0.25, -0.2) is 13.8 Å². The molecule has 0 aliphatic rings. The van der Waals surface area contributed by atoms with Crippen molar-refractivity contribution in [2.75, 3.05) is 0 Å². The molecule has 0 atom stereocenters. The van der Waals surface area contributed by atoms with Crippen LogP contribution in [-0.4, -0.2) is 9.13 Å². The molecule has 0 saturated heterocycles. The van der Waals surface area contributed by atoms with Crippen LogP contribution in [0.3, 0.4) is 0 Å². The summed E-state index contributed by atoms with van der Waals surface area (Å²) in [7, 11) is 1.51. The van der Waals surface area contributed by atoms with Gasteiger partial charge in [-0.1, -0.05) is 11.6 Å². The molecule has 0 amide bonds. The Bertz CT molecular complexity index is 1030. The fraction of sp³-hybridized carbons (Fsp3) is 0.200. The summed E-state index contributed by atoms with van der Waals surface area (Å²) < 4.78 is 21.9. The molecule has 3 rings (SSSR count). The number of furan rings is 1. The molecular weight excluding hydrogens is 311 g/mol. The van der Waals surface area contributed by atoms with Crippen LogP contribution >= 0.6 is 11.6 Å². The van der Waals surface area contributed by atoms with Gasteiger partial charge in [-0.3, -0.25) is 4.79 Å². The molecule has 0 spiro atoms. The third kappa shape index (κ3) is 1.99. The lowest BCUT2D eigenvalue weighted by molar-refractivity contribution is 0.575. The summed E-state index contributed by atoms with van der Waals surface area (Å²) in [6, 6.07) is 3.85. The van der Waals surface area contributed by atoms with Crippen LogP contribution in [0, 0.1) is 19.7 Å². The number of nitrogens with zero attached hydrogens (tertiary/aromatic N) is 2. The maximum Gasteiger partial charge on any atom is 0.335 e. The van der Waals surface area contributed by atoms with E-state index in [2.05, 4.69) is 0 Å². The molecule has 0 unspecified atom stereocenters. The lowest BCUT2D eigenvalue weighted by atomic mass is 10.2. The molecule has 5 nitrogen and oxygen atoms in total. The van der Waals surface area contributed by atoms with Crippen LogP contribution in [0.4, 0.5) is 4.39 Å². The van der Waals surface area contributed by atoms with E-state index >= 15 is 0 Å². The van der Waals surface area contributed by atoms with Crippen LogP contribution < -0.4 is 11.2 Å². The zero-order chi connectivity index (χ0) is 16.2. The second kappa shape index (κ2) is 4.84. The standard InChI is InChI=1S/C15H12ClFN2O3/c1-7-4-12(20)19(15(21)18(7)3)13-9-5-8(2)22-14(9)10(16)6-11(13)17/h4-6H,1-3H3. The minimum Gasteiger partial charge on any atom is -0.460 e. The molecule has 0 fully saturated rings. The smallest absolute Gasteiger partial charge is 0.335 e. The van der Waals surface area contributed by atoms with Crippen molar-refractivity contribution >= 4 is 22.6 Å². The van der Waals surface area contributed by atoms with Crippen LogP contribution in [0.5, 0.6) is 0 Å². The Kier molecular flexibility index (Phi) is 3.21. The first-order valence-electron chi connectivity index (χ1n) is 6.49. The predicted octanol–water partition coefficient (Wildman–Crippen LogP) is 2.69. The Morgan fingerprint density at radius 1 is 1.18 bits per heavy atom. The van der Waals surface area contributed by atoms with Gasteiger partial charge in [0.15, 0.2) is 5.58 Å². The monoisotopic (exact) mass is 322 g/mol. The van der Waals surface area contributed by atoms with Gasteiger partial charge in [-0.05, 0) is 26.0 Å². The Hall–Kier alpha value is -2.34. The summed E-state index contributed by atoms with van der Waals surface area (Å²) in [5.74, 6) is -0.262. The topological polar surface area (TPSA) is 57.1 Å². The highest BCUT2D eigenvalue weighted by Crippen LogP contribution is 2.32. The first kappa shape index (κ1) is 14.6. The summed E-state index contributed by atoms with van der Waals surface area (Å²) in [6.07, 6.45) is 0. The Labute approximate surface area is 129 Å². The van der Waals surface area contributed by atoms with E-state index in [0.29, 0.717) is 11.5 Å². The molecule has 0 aliphatic carbocycles. The molecule has 7 heteroatoms. The van der Waals surface area contributed by atoms with Crippen LogP contribution in [0.2, 0.25) is 5.02 Å². The molecule has 0 bridgehead atoms. The minimum atomic E-state index is -0.763. The van der Waals surface area contributed by atoms with Gasteiger partial charge in [-0.15, -0.1) is 0 Å². The van der Waals surface area contributed by atoms with Crippen molar-refractivity contribution in [2.45, 2.75) is 13.8 Å². The summed E-state index contributed by atoms with van der Waals surface area (Å²) in [4.78, 5) is 24.6. The highest BCUT2D eigenvalue weighted by molar-refractivity contribution is 6.35. The van der Waals surface area contributed by atoms with Crippen molar-refractivity contribution in [1.82, 2.24) is 9.13 Å². The van der Waals surface area contributed by atoms with E-state index < -0.39 is 17.1 Å². The summed E-state index contributed by atoms with van der Waals surface area (Å²) in [5.41, 5.74) is -0.666. The lowest BCUT2D eigenvalue weighted by Crippen LogP contribution is -2.38. The van der Waals surface area contributed by atoms with E-state index in [0.717, 1.165) is 10.6 Å². The number of aromatic nitrogens is 2. The first-order chi connectivity index (χ1) is 10.3. The van der Waals surface area contributed by atoms with E-state index in [4.69, 9.17) is 16.0 Å². The molecule has 0 aliphatic heterocycles. The van der Waals surface area contributed by atoms with Gasteiger partial charge in [0.25, 0.3) is 5.56 Å². The van der Waals surface area contributed by atoms with Gasteiger partial charge in [0.05, 0.1) is 5.02 Å². The van der Waals surface area contributed by atoms with Crippen LogP contribution in [0.25, 0.3) is 16.7 Å². The van der Waals surface area contributed by atoms with Crippen molar-refractivity contribution in [1.29, 1.82) is 0 Å². The highest BCUT2D eigenvalue weighted by Gasteiger charge is 2.20. The minimum absolute atomic E-state index is 0.0846. The summed E-state index contributed by atoms with van der Waals surface area (Å²) in [6.45, 7) is 3.30. The largest absolute Gasteiger partial charge is 0.460 e. The summed E-state index contributed by atoms with van der Waals surface area (Å²) >= 11 is 5.97. The van der Waals surface area contributed by atoms with Crippen molar-refractivity contribution < 1.29 is 8.81 Å². The van der Waals surface area contributed by atoms with Crippen LogP contribution in [-0.2, 0) is 7.05 Å². The van der Waals surface area contributed by atoms with Crippen LogP contribution in [0.15, 0.2) is 32.2 Å². The number of fused-ring (bicyclic) bond motifs is 1. The molecule has 22 heavy (non-hydrogen) atoms. The fourth-order valence-electron chi connectivity index (χ4n) is 2.41. The maximum absolute atomic E-state index is 14.4. The fourth-order valence-corrected chi connectivity index (χ4v) is 2.65. The number of hydrogen-bond donors (Lipinski definition) is 0. The van der Waals surface area contributed by atoms with Gasteiger partial charge in [0.1, 0.15) is 17.3 Å². The van der Waals surface area contributed by atoms with Crippen LogP contribution in [0.1, 0.15) is 11.5 Å². The molecular formula is C15H12ClFN2O3. The van der Waals surface area contributed by atoms with Gasteiger partial charge in [0.2, 0.25) is 0 Å². The maximum atomic E-state index is 14.4. The predicted molar refractivity (Wildman–Crippen MR) is 81.5 cm³/mol. The normalized spacial score (nSPS) is 11.3. The molecule has 2 aromatic heterocycles. The quantitative estimate of drug-likeness (QED) is 0.692. The molecule has 114 valence electrons. The second-order valence-electron chi connectivity index (χ2n) is 5.09. The van der Waals surface area contributed by atoms with Gasteiger partial charge >= 0.3 is 5.69 Å². The third-order valence-electron chi connectivity index (χ3n) is 3.59. The zero-order valence-corrected chi connectivity index (χ0v) is 12.9. The Balaban J connectivity index is 2.55. The molecule has 0 saturated carbocycles. The molecule has 0 radical (unpaired) electrons.